The number of halogens is 5. The first-order valence-corrected chi connectivity index (χ1v) is 8.25. The zero-order chi connectivity index (χ0) is 19.6. The van der Waals surface area contributed by atoms with Gasteiger partial charge in [0.1, 0.15) is 17.5 Å². The molecule has 3 rings (SSSR count). The summed E-state index contributed by atoms with van der Waals surface area (Å²) < 4.78 is 68.1. The topological polar surface area (TPSA) is 0 Å². The van der Waals surface area contributed by atoms with E-state index in [1.165, 1.54) is 42.5 Å². The van der Waals surface area contributed by atoms with Crippen molar-refractivity contribution in [3.05, 3.63) is 89.8 Å². The van der Waals surface area contributed by atoms with Crippen molar-refractivity contribution in [1.29, 1.82) is 0 Å². The zero-order valence-electron chi connectivity index (χ0n) is 14.2. The number of fused-ring (bicyclic) bond motifs is 1. The van der Waals surface area contributed by atoms with Gasteiger partial charge in [0.2, 0.25) is 0 Å². The van der Waals surface area contributed by atoms with Gasteiger partial charge in [0, 0.05) is 17.0 Å². The summed E-state index contributed by atoms with van der Waals surface area (Å²) in [6.07, 6.45) is 1.17. The van der Waals surface area contributed by atoms with Crippen LogP contribution >= 0.6 is 0 Å². The van der Waals surface area contributed by atoms with Crippen molar-refractivity contribution in [3.63, 3.8) is 0 Å². The fraction of sp³-hybridized carbons (Fsp3) is 0.0909. The molecule has 0 radical (unpaired) electrons. The van der Waals surface area contributed by atoms with Crippen LogP contribution in [0.3, 0.4) is 0 Å². The number of hydrogen-bond donors (Lipinski definition) is 0. The van der Waals surface area contributed by atoms with Crippen molar-refractivity contribution in [2.75, 3.05) is 0 Å². The van der Waals surface area contributed by atoms with Gasteiger partial charge < -0.3 is 0 Å². The van der Waals surface area contributed by atoms with Crippen molar-refractivity contribution in [1.82, 2.24) is 0 Å². The fourth-order valence-electron chi connectivity index (χ4n) is 3.01. The highest BCUT2D eigenvalue weighted by molar-refractivity contribution is 5.89. The smallest absolute Gasteiger partial charge is 0.206 e. The van der Waals surface area contributed by atoms with Gasteiger partial charge in [-0.3, -0.25) is 0 Å². The highest BCUT2D eigenvalue weighted by Gasteiger charge is 2.15. The molecule has 0 unspecified atom stereocenters. The largest absolute Gasteiger partial charge is 0.271 e. The van der Waals surface area contributed by atoms with Crippen molar-refractivity contribution >= 4 is 16.8 Å². The van der Waals surface area contributed by atoms with Crippen LogP contribution in [0, 0.1) is 17.5 Å². The molecule has 0 saturated heterocycles. The van der Waals surface area contributed by atoms with Crippen molar-refractivity contribution in [3.8, 4) is 11.1 Å². The van der Waals surface area contributed by atoms with E-state index in [9.17, 15) is 22.0 Å². The second kappa shape index (κ2) is 7.74. The summed E-state index contributed by atoms with van der Waals surface area (Å²) in [5.74, 6) is -2.24. The Hall–Kier alpha value is -2.95. The first-order valence-electron chi connectivity index (χ1n) is 8.25. The Balaban J connectivity index is 2.08. The monoisotopic (exact) mass is 374 g/mol. The Morgan fingerprint density at radius 2 is 1.63 bits per heavy atom. The summed E-state index contributed by atoms with van der Waals surface area (Å²) in [6, 6.07) is 9.31. The first-order chi connectivity index (χ1) is 12.9. The van der Waals surface area contributed by atoms with Gasteiger partial charge in [-0.1, -0.05) is 30.3 Å². The SMILES string of the molecule is C=CCCc1cc(F)c(-c2ccc3c(F)c(C=C(F)F)ccc3c2)c(F)c1. The Bertz CT molecular complexity index is 1020. The van der Waals surface area contributed by atoms with E-state index in [-0.39, 0.29) is 22.1 Å². The van der Waals surface area contributed by atoms with Crippen LogP contribution in [-0.2, 0) is 6.42 Å². The van der Waals surface area contributed by atoms with E-state index in [0.717, 1.165) is 0 Å². The van der Waals surface area contributed by atoms with Gasteiger partial charge >= 0.3 is 0 Å². The average molecular weight is 374 g/mol. The molecule has 138 valence electrons. The van der Waals surface area contributed by atoms with E-state index in [2.05, 4.69) is 6.58 Å². The molecule has 3 aromatic carbocycles. The number of rotatable bonds is 5. The molecule has 0 fully saturated rings. The van der Waals surface area contributed by atoms with Gasteiger partial charge in [-0.15, -0.1) is 6.58 Å². The van der Waals surface area contributed by atoms with E-state index in [4.69, 9.17) is 0 Å². The molecule has 0 saturated carbocycles. The van der Waals surface area contributed by atoms with Gasteiger partial charge in [-0.25, -0.2) is 13.2 Å². The summed E-state index contributed by atoms with van der Waals surface area (Å²) in [6.45, 7) is 3.58. The molecule has 0 amide bonds. The van der Waals surface area contributed by atoms with E-state index in [0.29, 0.717) is 29.9 Å². The maximum Gasteiger partial charge on any atom is 0.271 e. The minimum Gasteiger partial charge on any atom is -0.206 e. The van der Waals surface area contributed by atoms with Crippen LogP contribution in [0.5, 0.6) is 0 Å². The standard InChI is InChI=1S/C22H15F5/c1-2-3-4-13-9-18(23)21(19(24)10-13)15-7-8-17-14(11-15)5-6-16(22(17)27)12-20(25)26/h2,5-12H,1,3-4H2. The predicted octanol–water partition coefficient (Wildman–Crippen LogP) is 7.28. The van der Waals surface area contributed by atoms with Crippen LogP contribution in [0.1, 0.15) is 17.5 Å². The molecular weight excluding hydrogens is 359 g/mol. The molecule has 0 bridgehead atoms. The second-order valence-corrected chi connectivity index (χ2v) is 6.10. The molecule has 5 heteroatoms. The molecule has 0 spiro atoms. The average Bonchev–Trinajstić information content (AvgIpc) is 2.61. The highest BCUT2D eigenvalue weighted by Crippen LogP contribution is 2.32. The lowest BCUT2D eigenvalue weighted by Gasteiger charge is -2.10. The van der Waals surface area contributed by atoms with Gasteiger partial charge in [-0.05, 0) is 47.6 Å². The van der Waals surface area contributed by atoms with Gasteiger partial charge in [0.25, 0.3) is 6.08 Å². The third-order valence-corrected chi connectivity index (χ3v) is 4.28. The van der Waals surface area contributed by atoms with Crippen LogP contribution in [0.4, 0.5) is 22.0 Å². The lowest BCUT2D eigenvalue weighted by molar-refractivity contribution is 0.429. The molecule has 0 aliphatic rings. The summed E-state index contributed by atoms with van der Waals surface area (Å²) >= 11 is 0. The van der Waals surface area contributed by atoms with Gasteiger partial charge in [-0.2, -0.15) is 8.78 Å². The fourth-order valence-corrected chi connectivity index (χ4v) is 3.01. The third kappa shape index (κ3) is 3.92. The lowest BCUT2D eigenvalue weighted by Crippen LogP contribution is -1.95. The quantitative estimate of drug-likeness (QED) is 0.325. The van der Waals surface area contributed by atoms with Crippen molar-refractivity contribution < 1.29 is 22.0 Å². The number of benzene rings is 3. The number of allylic oxidation sites excluding steroid dienone is 1. The highest BCUT2D eigenvalue weighted by atomic mass is 19.3. The second-order valence-electron chi connectivity index (χ2n) is 6.10. The minimum atomic E-state index is -2.01. The summed E-state index contributed by atoms with van der Waals surface area (Å²) in [5, 5.41) is 0.452. The van der Waals surface area contributed by atoms with Gasteiger partial charge in [0.05, 0.1) is 5.56 Å². The minimum absolute atomic E-state index is 0.0946. The predicted molar refractivity (Wildman–Crippen MR) is 98.0 cm³/mol. The molecule has 0 atom stereocenters. The number of hydrogen-bond acceptors (Lipinski definition) is 0. The van der Waals surface area contributed by atoms with Crippen LogP contribution in [-0.4, -0.2) is 0 Å². The van der Waals surface area contributed by atoms with Crippen LogP contribution in [0.2, 0.25) is 0 Å². The third-order valence-electron chi connectivity index (χ3n) is 4.28. The lowest BCUT2D eigenvalue weighted by atomic mass is 9.97. The maximum absolute atomic E-state index is 14.5. The molecule has 0 nitrogen and oxygen atoms in total. The first kappa shape index (κ1) is 18.8. The van der Waals surface area contributed by atoms with Crippen LogP contribution in [0.15, 0.2) is 61.2 Å². The maximum atomic E-state index is 14.5. The molecule has 27 heavy (non-hydrogen) atoms. The van der Waals surface area contributed by atoms with Crippen LogP contribution < -0.4 is 0 Å². The van der Waals surface area contributed by atoms with Crippen molar-refractivity contribution in [2.45, 2.75) is 12.8 Å². The Labute approximate surface area is 153 Å². The molecular formula is C22H15F5. The molecule has 0 N–H and O–H groups in total. The Kier molecular flexibility index (Phi) is 5.40. The molecule has 0 aliphatic carbocycles. The Morgan fingerprint density at radius 3 is 2.26 bits per heavy atom. The molecule has 0 heterocycles. The summed E-state index contributed by atoms with van der Waals surface area (Å²) in [7, 11) is 0. The summed E-state index contributed by atoms with van der Waals surface area (Å²) in [5.41, 5.74) is 0.301. The van der Waals surface area contributed by atoms with E-state index in [1.807, 2.05) is 0 Å². The van der Waals surface area contributed by atoms with Crippen molar-refractivity contribution in [2.24, 2.45) is 0 Å². The molecule has 3 aromatic rings. The van der Waals surface area contributed by atoms with Crippen LogP contribution in [0.25, 0.3) is 28.0 Å². The van der Waals surface area contributed by atoms with E-state index < -0.39 is 23.5 Å². The van der Waals surface area contributed by atoms with E-state index >= 15 is 0 Å². The van der Waals surface area contributed by atoms with E-state index in [1.54, 1.807) is 6.08 Å². The normalized spacial score (nSPS) is 10.9. The molecule has 0 aromatic heterocycles. The molecule has 0 aliphatic heterocycles. The Morgan fingerprint density at radius 1 is 0.926 bits per heavy atom. The zero-order valence-corrected chi connectivity index (χ0v) is 14.2. The van der Waals surface area contributed by atoms with Gasteiger partial charge in [0.15, 0.2) is 0 Å². The number of aryl methyl sites for hydroxylation is 1. The summed E-state index contributed by atoms with van der Waals surface area (Å²) in [4.78, 5) is 0.